The van der Waals surface area contributed by atoms with E-state index in [1.165, 1.54) is 26.3 Å². The fourth-order valence-corrected chi connectivity index (χ4v) is 4.70. The van der Waals surface area contributed by atoms with Crippen molar-refractivity contribution in [2.24, 2.45) is 0 Å². The normalized spacial score (nSPS) is 15.4. The molecule has 2 rings (SSSR count). The average Bonchev–Trinajstić information content (AvgIpc) is 2.53. The maximum absolute atomic E-state index is 10.2. The molecule has 1 aromatic carbocycles. The number of anilines is 1. The van der Waals surface area contributed by atoms with Gasteiger partial charge < -0.3 is 0 Å². The fraction of sp³-hybridized carbons (Fsp3) is 0.500. The maximum Gasteiger partial charge on any atom is 0.106 e. The number of rotatable bonds is 2. The summed E-state index contributed by atoms with van der Waals surface area (Å²) in [6.07, 6.45) is 2.14. The zero-order chi connectivity index (χ0) is 11.9. The molecule has 1 aromatic rings. The van der Waals surface area contributed by atoms with E-state index in [9.17, 15) is 5.21 Å². The summed E-state index contributed by atoms with van der Waals surface area (Å²) in [7, 11) is 0.993. The highest BCUT2D eigenvalue weighted by molar-refractivity contribution is 8.00. The van der Waals surface area contributed by atoms with Crippen molar-refractivity contribution in [3.63, 3.8) is 0 Å². The first kappa shape index (κ1) is 25.9. The van der Waals surface area contributed by atoms with Crippen LogP contribution in [0.3, 0.4) is 0 Å². The van der Waals surface area contributed by atoms with Crippen molar-refractivity contribution in [3.8, 4) is 0 Å². The van der Waals surface area contributed by atoms with Gasteiger partial charge in [0.1, 0.15) is 5.37 Å². The standard InChI is InChI=1S/C12H19NOSSi.4H2S/c1-4-5-10-13(14)11-9(15-10)6-7(2)8(3)12(11)16;;;;/h6,10,14H,4-5H2,1-3,16H3;4*1H2. The van der Waals surface area contributed by atoms with Gasteiger partial charge in [0.05, 0.1) is 5.69 Å². The predicted octanol–water partition coefficient (Wildman–Crippen LogP) is 2.17. The van der Waals surface area contributed by atoms with E-state index >= 15 is 0 Å². The number of hydroxylamine groups is 1. The molecule has 0 bridgehead atoms. The topological polar surface area (TPSA) is 23.5 Å². The number of benzene rings is 1. The molecule has 120 valence electrons. The Bertz CT molecular complexity index is 433. The van der Waals surface area contributed by atoms with Crippen LogP contribution >= 0.6 is 65.7 Å². The lowest BCUT2D eigenvalue weighted by atomic mass is 10.1. The van der Waals surface area contributed by atoms with E-state index in [-0.39, 0.29) is 59.4 Å². The van der Waals surface area contributed by atoms with Gasteiger partial charge in [-0.05, 0) is 42.6 Å². The Balaban J connectivity index is -0.000000722. The Morgan fingerprint density at radius 2 is 1.80 bits per heavy atom. The number of nitrogens with zero attached hydrogens (tertiary/aromatic N) is 1. The van der Waals surface area contributed by atoms with Crippen LogP contribution in [0.15, 0.2) is 11.0 Å². The van der Waals surface area contributed by atoms with E-state index < -0.39 is 0 Å². The first-order valence-corrected chi connectivity index (χ1v) is 7.69. The molecule has 1 aliphatic heterocycles. The van der Waals surface area contributed by atoms with Crippen LogP contribution in [0.5, 0.6) is 0 Å². The highest BCUT2D eigenvalue weighted by Crippen LogP contribution is 2.43. The van der Waals surface area contributed by atoms with Crippen LogP contribution in [0.25, 0.3) is 0 Å². The molecule has 0 spiro atoms. The summed E-state index contributed by atoms with van der Waals surface area (Å²) in [5.41, 5.74) is 3.78. The van der Waals surface area contributed by atoms with E-state index in [0.29, 0.717) is 0 Å². The van der Waals surface area contributed by atoms with Gasteiger partial charge in [0.25, 0.3) is 0 Å². The highest BCUT2D eigenvalue weighted by atomic mass is 32.2. The van der Waals surface area contributed by atoms with Crippen LogP contribution in [0.4, 0.5) is 5.69 Å². The second kappa shape index (κ2) is 10.6. The lowest BCUT2D eigenvalue weighted by Gasteiger charge is -2.20. The van der Waals surface area contributed by atoms with Crippen molar-refractivity contribution >= 4 is 86.9 Å². The van der Waals surface area contributed by atoms with Crippen LogP contribution in [0.1, 0.15) is 30.9 Å². The fourth-order valence-electron chi connectivity index (χ4n) is 2.17. The van der Waals surface area contributed by atoms with Gasteiger partial charge in [-0.3, -0.25) is 5.21 Å². The van der Waals surface area contributed by atoms with Gasteiger partial charge in [-0.25, -0.2) is 5.06 Å². The number of fused-ring (bicyclic) bond motifs is 1. The Kier molecular flexibility index (Phi) is 13.8. The van der Waals surface area contributed by atoms with Gasteiger partial charge in [0, 0.05) is 15.1 Å². The second-order valence-electron chi connectivity index (χ2n) is 4.50. The van der Waals surface area contributed by atoms with E-state index in [1.807, 2.05) is 0 Å². The number of aryl methyl sites for hydroxylation is 1. The van der Waals surface area contributed by atoms with Crippen molar-refractivity contribution in [2.45, 2.75) is 43.9 Å². The highest BCUT2D eigenvalue weighted by Gasteiger charge is 2.30. The molecule has 0 saturated heterocycles. The van der Waals surface area contributed by atoms with Crippen molar-refractivity contribution in [2.75, 3.05) is 5.06 Å². The lowest BCUT2D eigenvalue weighted by molar-refractivity contribution is 0.244. The number of hydrogen-bond donors (Lipinski definition) is 1. The summed E-state index contributed by atoms with van der Waals surface area (Å²) in [4.78, 5) is 1.26. The van der Waals surface area contributed by atoms with E-state index in [0.717, 1.165) is 28.8 Å². The predicted molar refractivity (Wildman–Crippen MR) is 116 cm³/mol. The van der Waals surface area contributed by atoms with Gasteiger partial charge >= 0.3 is 0 Å². The first-order chi connectivity index (χ1) is 7.56. The molecule has 0 aromatic heterocycles. The molecular weight excluding hydrogens is 363 g/mol. The maximum atomic E-state index is 10.2. The molecule has 0 aliphatic carbocycles. The van der Waals surface area contributed by atoms with Gasteiger partial charge in [0.2, 0.25) is 0 Å². The van der Waals surface area contributed by atoms with Gasteiger partial charge in [-0.1, -0.05) is 25.1 Å². The van der Waals surface area contributed by atoms with Crippen LogP contribution in [0.2, 0.25) is 0 Å². The minimum absolute atomic E-state index is 0. The summed E-state index contributed by atoms with van der Waals surface area (Å²) in [5.74, 6) is 0. The molecular formula is C12H27NOS5Si. The Morgan fingerprint density at radius 1 is 1.25 bits per heavy atom. The molecule has 0 fully saturated rings. The molecule has 1 aliphatic rings. The summed E-state index contributed by atoms with van der Waals surface area (Å²) < 4.78 is 0. The largest absolute Gasteiger partial charge is 0.287 e. The first-order valence-electron chi connectivity index (χ1n) is 5.81. The zero-order valence-corrected chi connectivity index (χ0v) is 19.2. The van der Waals surface area contributed by atoms with E-state index in [2.05, 4.69) is 26.8 Å². The van der Waals surface area contributed by atoms with Crippen LogP contribution in [-0.4, -0.2) is 20.8 Å². The Hall–Kier alpha value is 0.947. The molecule has 2 nitrogen and oxygen atoms in total. The quantitative estimate of drug-likeness (QED) is 0.784. The molecule has 1 heterocycles. The molecule has 0 amide bonds. The third-order valence-electron chi connectivity index (χ3n) is 3.39. The number of hydrogen-bond acceptors (Lipinski definition) is 3. The van der Waals surface area contributed by atoms with Crippen LogP contribution in [0, 0.1) is 13.8 Å². The Morgan fingerprint density at radius 3 is 2.30 bits per heavy atom. The summed E-state index contributed by atoms with van der Waals surface area (Å²) in [6.45, 7) is 6.48. The minimum atomic E-state index is 0. The van der Waals surface area contributed by atoms with Crippen molar-refractivity contribution in [1.29, 1.82) is 0 Å². The van der Waals surface area contributed by atoms with Crippen molar-refractivity contribution in [3.05, 3.63) is 17.2 Å². The molecule has 8 heteroatoms. The molecule has 0 radical (unpaired) electrons. The monoisotopic (exact) mass is 389 g/mol. The molecule has 0 saturated carbocycles. The van der Waals surface area contributed by atoms with Gasteiger partial charge in [-0.15, -0.1) is 0 Å². The molecule has 1 atom stereocenters. The van der Waals surface area contributed by atoms with Gasteiger partial charge in [-0.2, -0.15) is 54.0 Å². The summed E-state index contributed by atoms with van der Waals surface area (Å²) in [6, 6.07) is 2.22. The van der Waals surface area contributed by atoms with Crippen LogP contribution in [-0.2, 0) is 0 Å². The smallest absolute Gasteiger partial charge is 0.106 e. The zero-order valence-electron chi connectivity index (χ0n) is 12.4. The second-order valence-corrected chi connectivity index (χ2v) is 6.72. The van der Waals surface area contributed by atoms with Gasteiger partial charge in [0.15, 0.2) is 0 Å². The third-order valence-corrected chi connectivity index (χ3v) is 5.89. The minimum Gasteiger partial charge on any atom is -0.287 e. The van der Waals surface area contributed by atoms with E-state index in [4.69, 9.17) is 0 Å². The number of thioether (sulfide) groups is 1. The summed E-state index contributed by atoms with van der Waals surface area (Å²) in [5, 5.41) is 13.3. The third kappa shape index (κ3) is 4.72. The van der Waals surface area contributed by atoms with Crippen LogP contribution < -0.4 is 10.2 Å². The molecule has 20 heavy (non-hydrogen) atoms. The average molecular weight is 390 g/mol. The molecule has 1 unspecified atom stereocenters. The molecule has 1 N–H and O–H groups in total. The Labute approximate surface area is 157 Å². The SMILES string of the molecule is CCCC1Sc2cc(C)c(C)c([SiH3])c2N1O.S.S.S.S. The summed E-state index contributed by atoms with van der Waals surface area (Å²) >= 11 is 1.80. The van der Waals surface area contributed by atoms with Crippen molar-refractivity contribution < 1.29 is 5.21 Å². The lowest BCUT2D eigenvalue weighted by Crippen LogP contribution is -2.29. The van der Waals surface area contributed by atoms with Crippen molar-refractivity contribution in [1.82, 2.24) is 0 Å². The van der Waals surface area contributed by atoms with E-state index in [1.54, 1.807) is 11.8 Å².